The number of imidazole rings is 1. The number of anilines is 1. The van der Waals surface area contributed by atoms with Gasteiger partial charge in [0.15, 0.2) is 5.82 Å². The number of hydrogen-bond donors (Lipinski definition) is 1. The monoisotopic (exact) mass is 436 g/mol. The minimum atomic E-state index is -0.307. The molecule has 0 fully saturated rings. The first kappa shape index (κ1) is 20.3. The first-order valence-corrected chi connectivity index (χ1v) is 10.2. The topological polar surface area (TPSA) is 137 Å². The van der Waals surface area contributed by atoms with E-state index in [9.17, 15) is 5.26 Å². The zero-order valence-corrected chi connectivity index (χ0v) is 18.3. The highest BCUT2D eigenvalue weighted by atomic mass is 15.3. The maximum atomic E-state index is 9.51. The fourth-order valence-corrected chi connectivity index (χ4v) is 3.79. The van der Waals surface area contributed by atoms with Gasteiger partial charge in [0, 0.05) is 29.7 Å². The van der Waals surface area contributed by atoms with E-state index >= 15 is 0 Å². The van der Waals surface area contributed by atoms with Crippen LogP contribution in [0, 0.1) is 11.3 Å². The predicted octanol–water partition coefficient (Wildman–Crippen LogP) is 3.34. The van der Waals surface area contributed by atoms with Gasteiger partial charge in [-0.25, -0.2) is 29.6 Å². The van der Waals surface area contributed by atoms with Gasteiger partial charge in [-0.2, -0.15) is 10.4 Å². The zero-order chi connectivity index (χ0) is 23.2. The summed E-state index contributed by atoms with van der Waals surface area (Å²) in [5, 5.41) is 13.7. The minimum Gasteiger partial charge on any atom is -0.368 e. The summed E-state index contributed by atoms with van der Waals surface area (Å²) in [5.41, 5.74) is 9.95. The van der Waals surface area contributed by atoms with Crippen LogP contribution in [0.4, 0.5) is 5.95 Å². The van der Waals surface area contributed by atoms with E-state index in [0.29, 0.717) is 22.8 Å². The Morgan fingerprint density at radius 1 is 1.00 bits per heavy atom. The largest absolute Gasteiger partial charge is 0.368 e. The molecule has 5 aromatic rings. The SMILES string of the molecule is CC(C)(C)n1c(-c2cc(C#N)cnc2-n2cncn2)nc2cc(-c3cnc(N)nc3)ccc21. The Balaban J connectivity index is 1.78. The van der Waals surface area contributed by atoms with Crippen molar-refractivity contribution >= 4 is 17.0 Å². The first-order chi connectivity index (χ1) is 15.8. The van der Waals surface area contributed by atoms with Crippen LogP contribution in [0.25, 0.3) is 39.4 Å². The second-order valence-electron chi connectivity index (χ2n) is 8.52. The van der Waals surface area contributed by atoms with Crippen LogP contribution in [0.5, 0.6) is 0 Å². The van der Waals surface area contributed by atoms with Crippen LogP contribution >= 0.6 is 0 Å². The molecule has 0 aliphatic heterocycles. The van der Waals surface area contributed by atoms with Crippen LogP contribution in [-0.4, -0.2) is 39.3 Å². The number of pyridine rings is 1. The molecule has 33 heavy (non-hydrogen) atoms. The summed E-state index contributed by atoms with van der Waals surface area (Å²) in [7, 11) is 0. The molecule has 0 unspecified atom stereocenters. The Kier molecular flexibility index (Phi) is 4.60. The molecule has 0 amide bonds. The van der Waals surface area contributed by atoms with Crippen molar-refractivity contribution in [1.82, 2.24) is 39.3 Å². The molecule has 0 spiro atoms. The van der Waals surface area contributed by atoms with E-state index < -0.39 is 0 Å². The van der Waals surface area contributed by atoms with Gasteiger partial charge in [-0.3, -0.25) is 0 Å². The molecule has 0 atom stereocenters. The Morgan fingerprint density at radius 3 is 2.45 bits per heavy atom. The van der Waals surface area contributed by atoms with Crippen LogP contribution in [0.2, 0.25) is 0 Å². The molecule has 10 nitrogen and oxygen atoms in total. The third-order valence-electron chi connectivity index (χ3n) is 5.20. The fourth-order valence-electron chi connectivity index (χ4n) is 3.79. The molecule has 10 heteroatoms. The van der Waals surface area contributed by atoms with Crippen molar-refractivity contribution in [2.75, 3.05) is 5.73 Å². The van der Waals surface area contributed by atoms with Crippen LogP contribution in [-0.2, 0) is 5.54 Å². The van der Waals surface area contributed by atoms with E-state index in [1.54, 1.807) is 29.5 Å². The van der Waals surface area contributed by atoms with Crippen molar-refractivity contribution in [3.8, 4) is 34.4 Å². The number of fused-ring (bicyclic) bond motifs is 1. The highest BCUT2D eigenvalue weighted by Gasteiger charge is 2.25. The lowest BCUT2D eigenvalue weighted by molar-refractivity contribution is 0.413. The van der Waals surface area contributed by atoms with Gasteiger partial charge in [0.1, 0.15) is 24.5 Å². The summed E-state index contributed by atoms with van der Waals surface area (Å²) in [5.74, 6) is 1.45. The van der Waals surface area contributed by atoms with E-state index in [-0.39, 0.29) is 11.5 Å². The average molecular weight is 436 g/mol. The molecular formula is C23H20N10. The maximum Gasteiger partial charge on any atom is 0.219 e. The lowest BCUT2D eigenvalue weighted by Gasteiger charge is -2.25. The predicted molar refractivity (Wildman–Crippen MR) is 123 cm³/mol. The van der Waals surface area contributed by atoms with Gasteiger partial charge >= 0.3 is 0 Å². The van der Waals surface area contributed by atoms with E-state index in [1.165, 1.54) is 12.5 Å². The molecule has 0 aliphatic carbocycles. The Hall–Kier alpha value is -4.65. The average Bonchev–Trinajstić information content (AvgIpc) is 3.46. The smallest absolute Gasteiger partial charge is 0.219 e. The molecule has 0 saturated heterocycles. The van der Waals surface area contributed by atoms with Crippen molar-refractivity contribution < 1.29 is 0 Å². The number of nitrogens with zero attached hydrogens (tertiary/aromatic N) is 9. The van der Waals surface area contributed by atoms with Crippen LogP contribution in [0.1, 0.15) is 26.3 Å². The molecule has 4 heterocycles. The van der Waals surface area contributed by atoms with E-state index in [1.807, 2.05) is 18.2 Å². The van der Waals surface area contributed by atoms with Crippen LogP contribution < -0.4 is 5.73 Å². The molecule has 5 rings (SSSR count). The molecule has 0 saturated carbocycles. The van der Waals surface area contributed by atoms with Crippen LogP contribution in [0.15, 0.2) is 55.5 Å². The summed E-state index contributed by atoms with van der Waals surface area (Å²) in [6, 6.07) is 9.97. The van der Waals surface area contributed by atoms with Crippen molar-refractivity contribution in [2.45, 2.75) is 26.3 Å². The van der Waals surface area contributed by atoms with Gasteiger partial charge in [-0.1, -0.05) is 6.07 Å². The minimum absolute atomic E-state index is 0.227. The third-order valence-corrected chi connectivity index (χ3v) is 5.20. The summed E-state index contributed by atoms with van der Waals surface area (Å²) in [6.07, 6.45) is 7.91. The number of benzene rings is 1. The second-order valence-corrected chi connectivity index (χ2v) is 8.52. The maximum absolute atomic E-state index is 9.51. The summed E-state index contributed by atoms with van der Waals surface area (Å²) in [4.78, 5) is 21.7. The summed E-state index contributed by atoms with van der Waals surface area (Å²) in [6.45, 7) is 6.32. The summed E-state index contributed by atoms with van der Waals surface area (Å²) >= 11 is 0. The van der Waals surface area contributed by atoms with Crippen molar-refractivity contribution in [2.24, 2.45) is 0 Å². The molecule has 162 valence electrons. The number of rotatable bonds is 3. The van der Waals surface area contributed by atoms with Gasteiger partial charge in [0.2, 0.25) is 5.95 Å². The van der Waals surface area contributed by atoms with Crippen molar-refractivity contribution in [3.63, 3.8) is 0 Å². The van der Waals surface area contributed by atoms with Crippen LogP contribution in [0.3, 0.4) is 0 Å². The van der Waals surface area contributed by atoms with E-state index in [0.717, 1.165) is 22.2 Å². The molecule has 1 aromatic carbocycles. The summed E-state index contributed by atoms with van der Waals surface area (Å²) < 4.78 is 3.71. The Morgan fingerprint density at radius 2 is 1.79 bits per heavy atom. The highest BCUT2D eigenvalue weighted by Crippen LogP contribution is 2.35. The molecule has 0 aliphatic rings. The van der Waals surface area contributed by atoms with Crippen molar-refractivity contribution in [1.29, 1.82) is 5.26 Å². The Bertz CT molecular complexity index is 1500. The lowest BCUT2D eigenvalue weighted by atomic mass is 10.1. The second kappa shape index (κ2) is 7.49. The van der Waals surface area contributed by atoms with E-state index in [2.05, 4.69) is 56.4 Å². The number of nitrogens with two attached hydrogens (primary N) is 1. The molecular weight excluding hydrogens is 416 g/mol. The van der Waals surface area contributed by atoms with Gasteiger partial charge < -0.3 is 10.3 Å². The normalized spacial score (nSPS) is 11.6. The number of aromatic nitrogens is 8. The van der Waals surface area contributed by atoms with Gasteiger partial charge in [0.25, 0.3) is 0 Å². The first-order valence-electron chi connectivity index (χ1n) is 10.2. The third kappa shape index (κ3) is 3.55. The lowest BCUT2D eigenvalue weighted by Crippen LogP contribution is -2.23. The van der Waals surface area contributed by atoms with Crippen molar-refractivity contribution in [3.05, 3.63) is 61.1 Å². The van der Waals surface area contributed by atoms with Gasteiger partial charge in [-0.05, 0) is 44.5 Å². The zero-order valence-electron chi connectivity index (χ0n) is 18.3. The molecule has 0 bridgehead atoms. The standard InChI is InChI=1S/C23H20N10/c1-23(2,3)33-19-5-4-15(16-10-28-22(25)29-11-16)7-18(19)31-21(33)17-6-14(8-24)9-27-20(17)32-13-26-12-30-32/h4-7,9-13H,1-3H3,(H2,25,28,29). The number of hydrogen-bond acceptors (Lipinski definition) is 8. The van der Waals surface area contributed by atoms with E-state index in [4.69, 9.17) is 10.7 Å². The molecule has 4 aromatic heterocycles. The highest BCUT2D eigenvalue weighted by molar-refractivity contribution is 5.86. The molecule has 2 N–H and O–H groups in total. The quantitative estimate of drug-likeness (QED) is 0.454. The van der Waals surface area contributed by atoms with Gasteiger partial charge in [0.05, 0.1) is 22.2 Å². The molecule has 0 radical (unpaired) electrons. The Labute approximate surface area is 189 Å². The number of nitrogen functional groups attached to an aromatic ring is 1. The number of nitriles is 1. The fraction of sp³-hybridized carbons (Fsp3) is 0.174. The van der Waals surface area contributed by atoms with Gasteiger partial charge in [-0.15, -0.1) is 0 Å².